The lowest BCUT2D eigenvalue weighted by atomic mass is 9.89. The van der Waals surface area contributed by atoms with Crippen LogP contribution in [0.3, 0.4) is 0 Å². The number of anilines is 1. The van der Waals surface area contributed by atoms with E-state index in [1.165, 1.54) is 12.8 Å². The molecule has 3 nitrogen and oxygen atoms in total. The zero-order valence-corrected chi connectivity index (χ0v) is 13.4. The van der Waals surface area contributed by atoms with Gasteiger partial charge in [-0.1, -0.05) is 15.9 Å². The average molecular weight is 337 g/mol. The molecule has 0 spiro atoms. The molecule has 2 unspecified atom stereocenters. The second-order valence-corrected chi connectivity index (χ2v) is 7.16. The van der Waals surface area contributed by atoms with E-state index >= 15 is 0 Å². The topological polar surface area (TPSA) is 41.1 Å². The molecule has 2 fully saturated rings. The molecule has 2 N–H and O–H groups in total. The summed E-state index contributed by atoms with van der Waals surface area (Å²) < 4.78 is 1.01. The fourth-order valence-corrected chi connectivity index (χ4v) is 4.23. The second-order valence-electron chi connectivity index (χ2n) is 6.24. The molecule has 1 amide bonds. The zero-order chi connectivity index (χ0) is 14.1. The maximum atomic E-state index is 12.2. The molecule has 2 atom stereocenters. The third-order valence-corrected chi connectivity index (χ3v) is 4.83. The molecular weight excluding hydrogens is 316 g/mol. The van der Waals surface area contributed by atoms with Gasteiger partial charge in [0.15, 0.2) is 0 Å². The SMILES string of the molecule is Cc1cc(Br)cc(NC(=O)CC2CC3CCC(C2)N3)c1. The van der Waals surface area contributed by atoms with Gasteiger partial charge in [0.1, 0.15) is 0 Å². The number of rotatable bonds is 3. The van der Waals surface area contributed by atoms with Crippen LogP contribution in [0.5, 0.6) is 0 Å². The van der Waals surface area contributed by atoms with Crippen LogP contribution in [-0.2, 0) is 4.79 Å². The van der Waals surface area contributed by atoms with E-state index in [0.29, 0.717) is 24.4 Å². The number of hydrogen-bond acceptors (Lipinski definition) is 2. The molecule has 2 bridgehead atoms. The van der Waals surface area contributed by atoms with Crippen molar-refractivity contribution in [2.24, 2.45) is 5.92 Å². The first kappa shape index (κ1) is 14.1. The van der Waals surface area contributed by atoms with E-state index in [1.54, 1.807) is 0 Å². The molecule has 3 rings (SSSR count). The molecule has 2 aliphatic heterocycles. The molecule has 0 radical (unpaired) electrons. The number of fused-ring (bicyclic) bond motifs is 2. The molecule has 108 valence electrons. The van der Waals surface area contributed by atoms with Gasteiger partial charge in [0.25, 0.3) is 0 Å². The van der Waals surface area contributed by atoms with Crippen molar-refractivity contribution in [2.45, 2.75) is 51.1 Å². The van der Waals surface area contributed by atoms with Crippen molar-refractivity contribution in [1.82, 2.24) is 5.32 Å². The Morgan fingerprint density at radius 2 is 2.00 bits per heavy atom. The average Bonchev–Trinajstić information content (AvgIpc) is 2.67. The van der Waals surface area contributed by atoms with E-state index < -0.39 is 0 Å². The Morgan fingerprint density at radius 1 is 1.30 bits per heavy atom. The lowest BCUT2D eigenvalue weighted by Crippen LogP contribution is -2.39. The van der Waals surface area contributed by atoms with Crippen LogP contribution >= 0.6 is 15.9 Å². The van der Waals surface area contributed by atoms with Crippen LogP contribution in [0.1, 0.15) is 37.7 Å². The maximum Gasteiger partial charge on any atom is 0.224 e. The third-order valence-electron chi connectivity index (χ3n) is 4.37. The summed E-state index contributed by atoms with van der Waals surface area (Å²) in [6.45, 7) is 2.03. The van der Waals surface area contributed by atoms with Crippen LogP contribution < -0.4 is 10.6 Å². The van der Waals surface area contributed by atoms with E-state index in [1.807, 2.05) is 25.1 Å². The zero-order valence-electron chi connectivity index (χ0n) is 11.8. The number of benzene rings is 1. The minimum Gasteiger partial charge on any atom is -0.326 e. The Morgan fingerprint density at radius 3 is 2.65 bits per heavy atom. The van der Waals surface area contributed by atoms with Crippen molar-refractivity contribution in [1.29, 1.82) is 0 Å². The minimum atomic E-state index is 0.147. The van der Waals surface area contributed by atoms with Gasteiger partial charge in [0.05, 0.1) is 0 Å². The fourth-order valence-electron chi connectivity index (χ4n) is 3.62. The third kappa shape index (κ3) is 3.41. The summed E-state index contributed by atoms with van der Waals surface area (Å²) in [5.41, 5.74) is 2.04. The summed E-state index contributed by atoms with van der Waals surface area (Å²) in [4.78, 5) is 12.2. The summed E-state index contributed by atoms with van der Waals surface area (Å²) in [6.07, 6.45) is 5.53. The predicted molar refractivity (Wildman–Crippen MR) is 84.8 cm³/mol. The minimum absolute atomic E-state index is 0.147. The van der Waals surface area contributed by atoms with Gasteiger partial charge in [0.2, 0.25) is 5.91 Å². The van der Waals surface area contributed by atoms with Gasteiger partial charge >= 0.3 is 0 Å². The lowest BCUT2D eigenvalue weighted by Gasteiger charge is -2.28. The van der Waals surface area contributed by atoms with Crippen LogP contribution in [0, 0.1) is 12.8 Å². The highest BCUT2D eigenvalue weighted by molar-refractivity contribution is 9.10. The number of hydrogen-bond donors (Lipinski definition) is 2. The highest BCUT2D eigenvalue weighted by atomic mass is 79.9. The molecule has 2 saturated heterocycles. The predicted octanol–water partition coefficient (Wildman–Crippen LogP) is 3.62. The van der Waals surface area contributed by atoms with Gasteiger partial charge in [-0.05, 0) is 62.3 Å². The van der Waals surface area contributed by atoms with Gasteiger partial charge in [0, 0.05) is 28.7 Å². The van der Waals surface area contributed by atoms with E-state index in [9.17, 15) is 4.79 Å². The summed E-state index contributed by atoms with van der Waals surface area (Å²) >= 11 is 3.47. The van der Waals surface area contributed by atoms with Crippen molar-refractivity contribution >= 4 is 27.5 Å². The lowest BCUT2D eigenvalue weighted by molar-refractivity contribution is -0.117. The summed E-state index contributed by atoms with van der Waals surface area (Å²) in [5.74, 6) is 0.691. The first-order valence-corrected chi connectivity index (χ1v) is 8.21. The van der Waals surface area contributed by atoms with Crippen LogP contribution in [0.15, 0.2) is 22.7 Å². The molecule has 0 aromatic heterocycles. The van der Waals surface area contributed by atoms with Crippen LogP contribution in [0.2, 0.25) is 0 Å². The number of aryl methyl sites for hydroxylation is 1. The summed E-state index contributed by atoms with van der Waals surface area (Å²) in [6, 6.07) is 7.31. The number of piperidine rings is 1. The Kier molecular flexibility index (Phi) is 4.13. The molecule has 20 heavy (non-hydrogen) atoms. The molecule has 1 aromatic rings. The molecule has 4 heteroatoms. The van der Waals surface area contributed by atoms with Gasteiger partial charge in [-0.15, -0.1) is 0 Å². The Bertz CT molecular complexity index is 485. The standard InChI is InChI=1S/C16H21BrN2O/c1-10-4-12(17)9-15(5-10)19-16(20)8-11-6-13-2-3-14(7-11)18-13/h4-5,9,11,13-14,18H,2-3,6-8H2,1H3,(H,19,20). The Hall–Kier alpha value is -0.870. The number of amides is 1. The first-order valence-electron chi connectivity index (χ1n) is 7.41. The van der Waals surface area contributed by atoms with Crippen molar-refractivity contribution in [3.8, 4) is 0 Å². The Labute approximate surface area is 128 Å². The van der Waals surface area contributed by atoms with Gasteiger partial charge < -0.3 is 10.6 Å². The molecular formula is C16H21BrN2O. The Balaban J connectivity index is 1.57. The van der Waals surface area contributed by atoms with E-state index in [4.69, 9.17) is 0 Å². The van der Waals surface area contributed by atoms with Crippen LogP contribution in [0.25, 0.3) is 0 Å². The van der Waals surface area contributed by atoms with Crippen molar-refractivity contribution in [2.75, 3.05) is 5.32 Å². The fraction of sp³-hybridized carbons (Fsp3) is 0.562. The number of carbonyl (C=O) groups is 1. The van der Waals surface area contributed by atoms with Crippen molar-refractivity contribution < 1.29 is 4.79 Å². The van der Waals surface area contributed by atoms with Gasteiger partial charge in [-0.25, -0.2) is 0 Å². The molecule has 0 aliphatic carbocycles. The van der Waals surface area contributed by atoms with Crippen LogP contribution in [0.4, 0.5) is 5.69 Å². The molecule has 2 heterocycles. The largest absolute Gasteiger partial charge is 0.326 e. The molecule has 1 aromatic carbocycles. The van der Waals surface area contributed by atoms with E-state index in [-0.39, 0.29) is 5.91 Å². The van der Waals surface area contributed by atoms with Crippen LogP contribution in [-0.4, -0.2) is 18.0 Å². The van der Waals surface area contributed by atoms with E-state index in [2.05, 4.69) is 26.6 Å². The summed E-state index contributed by atoms with van der Waals surface area (Å²) in [7, 11) is 0. The number of nitrogens with one attached hydrogen (secondary N) is 2. The molecule has 2 aliphatic rings. The maximum absolute atomic E-state index is 12.2. The smallest absolute Gasteiger partial charge is 0.224 e. The van der Waals surface area contributed by atoms with E-state index in [0.717, 1.165) is 28.6 Å². The monoisotopic (exact) mass is 336 g/mol. The van der Waals surface area contributed by atoms with Gasteiger partial charge in [-0.2, -0.15) is 0 Å². The normalized spacial score (nSPS) is 28.4. The first-order chi connectivity index (χ1) is 9.58. The van der Waals surface area contributed by atoms with Crippen molar-refractivity contribution in [3.63, 3.8) is 0 Å². The molecule has 0 saturated carbocycles. The highest BCUT2D eigenvalue weighted by Crippen LogP contribution is 2.32. The number of halogens is 1. The van der Waals surface area contributed by atoms with Gasteiger partial charge in [-0.3, -0.25) is 4.79 Å². The summed E-state index contributed by atoms with van der Waals surface area (Å²) in [5, 5.41) is 6.65. The highest BCUT2D eigenvalue weighted by Gasteiger charge is 2.34. The second kappa shape index (κ2) is 5.86. The number of carbonyl (C=O) groups excluding carboxylic acids is 1. The quantitative estimate of drug-likeness (QED) is 0.885. The van der Waals surface area contributed by atoms with Crippen molar-refractivity contribution in [3.05, 3.63) is 28.2 Å².